The molecule has 2 aromatic rings. The Balaban J connectivity index is 1.78. The van der Waals surface area contributed by atoms with Crippen LogP contribution in [0.25, 0.3) is 0 Å². The Labute approximate surface area is 134 Å². The molecular weight excluding hydrogens is 294 g/mol. The maximum atomic E-state index is 5.97. The van der Waals surface area contributed by atoms with Crippen molar-refractivity contribution in [2.45, 2.75) is 38.4 Å². The molecule has 0 N–H and O–H groups in total. The molecule has 5 heteroatoms. The van der Waals surface area contributed by atoms with E-state index in [9.17, 15) is 0 Å². The van der Waals surface area contributed by atoms with Gasteiger partial charge in [0.15, 0.2) is 5.17 Å². The Hall–Kier alpha value is -1.75. The zero-order valence-corrected chi connectivity index (χ0v) is 13.6. The molecule has 22 heavy (non-hydrogen) atoms. The average Bonchev–Trinajstić information content (AvgIpc) is 3.22. The van der Waals surface area contributed by atoms with Crippen LogP contribution in [0.15, 0.2) is 45.9 Å². The number of aromatic nitrogens is 1. The van der Waals surface area contributed by atoms with Crippen LogP contribution in [0.2, 0.25) is 0 Å². The van der Waals surface area contributed by atoms with Gasteiger partial charge in [-0.25, -0.2) is 4.99 Å². The fourth-order valence-corrected chi connectivity index (χ4v) is 4.61. The van der Waals surface area contributed by atoms with Gasteiger partial charge in [0.1, 0.15) is 23.6 Å². The van der Waals surface area contributed by atoms with E-state index in [-0.39, 0.29) is 12.1 Å². The lowest BCUT2D eigenvalue weighted by Crippen LogP contribution is -2.35. The number of pyridine rings is 1. The van der Waals surface area contributed by atoms with Crippen LogP contribution in [-0.4, -0.2) is 26.8 Å². The molecule has 2 aliphatic heterocycles. The van der Waals surface area contributed by atoms with E-state index in [1.54, 1.807) is 0 Å². The molecule has 1 saturated heterocycles. The highest BCUT2D eigenvalue weighted by Crippen LogP contribution is 2.48. The number of amidine groups is 1. The van der Waals surface area contributed by atoms with Gasteiger partial charge in [0.2, 0.25) is 0 Å². The second kappa shape index (κ2) is 5.47. The van der Waals surface area contributed by atoms with Gasteiger partial charge in [0.25, 0.3) is 0 Å². The molecule has 4 heterocycles. The summed E-state index contributed by atoms with van der Waals surface area (Å²) >= 11 is 1.86. The van der Waals surface area contributed by atoms with Crippen molar-refractivity contribution < 1.29 is 4.42 Å². The first-order valence-corrected chi connectivity index (χ1v) is 8.72. The van der Waals surface area contributed by atoms with Crippen molar-refractivity contribution in [2.75, 3.05) is 5.75 Å². The first-order valence-electron chi connectivity index (χ1n) is 7.74. The number of thioether (sulfide) groups is 1. The lowest BCUT2D eigenvalue weighted by molar-refractivity contribution is 0.223. The van der Waals surface area contributed by atoms with Crippen LogP contribution < -0.4 is 0 Å². The third-order valence-corrected chi connectivity index (χ3v) is 5.51. The minimum absolute atomic E-state index is 0.0172. The summed E-state index contributed by atoms with van der Waals surface area (Å²) in [5, 5.41) is 1.14. The Bertz CT molecular complexity index is 697. The molecule has 0 bridgehead atoms. The summed E-state index contributed by atoms with van der Waals surface area (Å²) in [6.07, 6.45) is 2.96. The van der Waals surface area contributed by atoms with E-state index >= 15 is 0 Å². The van der Waals surface area contributed by atoms with Gasteiger partial charge in [0.05, 0.1) is 5.69 Å². The molecule has 0 amide bonds. The fraction of sp³-hybridized carbons (Fsp3) is 0.412. The molecule has 2 aromatic heterocycles. The molecule has 0 aliphatic carbocycles. The first kappa shape index (κ1) is 13.9. The molecular formula is C17H19N3OS. The lowest BCUT2D eigenvalue weighted by atomic mass is 10.0. The second-order valence-corrected chi connectivity index (χ2v) is 6.77. The quantitative estimate of drug-likeness (QED) is 0.860. The molecule has 0 unspecified atom stereocenters. The zero-order chi connectivity index (χ0) is 15.1. The van der Waals surface area contributed by atoms with Crippen molar-refractivity contribution in [1.82, 2.24) is 9.88 Å². The van der Waals surface area contributed by atoms with Gasteiger partial charge in [-0.1, -0.05) is 24.8 Å². The van der Waals surface area contributed by atoms with Gasteiger partial charge >= 0.3 is 0 Å². The summed E-state index contributed by atoms with van der Waals surface area (Å²) in [6.45, 7) is 4.23. The van der Waals surface area contributed by atoms with E-state index in [0.29, 0.717) is 6.04 Å². The average molecular weight is 313 g/mol. The molecule has 0 radical (unpaired) electrons. The zero-order valence-electron chi connectivity index (χ0n) is 12.8. The summed E-state index contributed by atoms with van der Waals surface area (Å²) in [5.41, 5.74) is 1.01. The number of hydrogen-bond donors (Lipinski definition) is 0. The van der Waals surface area contributed by atoms with Gasteiger partial charge in [0, 0.05) is 18.0 Å². The van der Waals surface area contributed by atoms with Gasteiger partial charge in [-0.05, 0) is 37.6 Å². The Kier molecular flexibility index (Phi) is 3.45. The molecule has 0 saturated carbocycles. The Morgan fingerprint density at radius 2 is 2.23 bits per heavy atom. The maximum absolute atomic E-state index is 5.97. The summed E-state index contributed by atoms with van der Waals surface area (Å²) in [4.78, 5) is 12.0. The van der Waals surface area contributed by atoms with Crippen LogP contribution in [0.5, 0.6) is 0 Å². The van der Waals surface area contributed by atoms with E-state index in [1.807, 2.05) is 43.1 Å². The van der Waals surface area contributed by atoms with Crippen molar-refractivity contribution in [3.8, 4) is 0 Å². The topological polar surface area (TPSA) is 41.6 Å². The van der Waals surface area contributed by atoms with Crippen molar-refractivity contribution >= 4 is 16.9 Å². The molecule has 1 fully saturated rings. The van der Waals surface area contributed by atoms with Crippen LogP contribution in [-0.2, 0) is 0 Å². The number of aryl methyl sites for hydroxylation is 1. The number of fused-ring (bicyclic) bond motifs is 1. The van der Waals surface area contributed by atoms with Gasteiger partial charge in [-0.15, -0.1) is 0 Å². The SMILES string of the molecule is CC[C@H]1CSC2=N[C@H](c3ccccn3)[C@@H](c3ccc(C)o3)N21. The molecule has 2 aliphatic rings. The minimum atomic E-state index is 0.0172. The molecule has 0 aromatic carbocycles. The summed E-state index contributed by atoms with van der Waals surface area (Å²) in [7, 11) is 0. The number of nitrogens with zero attached hydrogens (tertiary/aromatic N) is 3. The van der Waals surface area contributed by atoms with E-state index < -0.39 is 0 Å². The molecule has 4 rings (SSSR count). The predicted molar refractivity (Wildman–Crippen MR) is 89.0 cm³/mol. The standard InChI is InChI=1S/C17H19N3OS/c1-3-12-10-22-17-19-15(13-6-4-5-9-18-13)16(20(12)17)14-8-7-11(2)21-14/h4-9,12,15-16H,3,10H2,1-2H3/t12-,15+,16+/m0/s1. The monoisotopic (exact) mass is 313 g/mol. The molecule has 3 atom stereocenters. The minimum Gasteiger partial charge on any atom is -0.464 e. The van der Waals surface area contributed by atoms with Crippen LogP contribution in [0.3, 0.4) is 0 Å². The second-order valence-electron chi connectivity index (χ2n) is 5.78. The van der Waals surface area contributed by atoms with E-state index in [1.165, 1.54) is 0 Å². The number of hydrogen-bond acceptors (Lipinski definition) is 5. The largest absolute Gasteiger partial charge is 0.464 e. The van der Waals surface area contributed by atoms with Gasteiger partial charge in [-0.3, -0.25) is 4.98 Å². The Morgan fingerprint density at radius 3 is 2.91 bits per heavy atom. The number of rotatable bonds is 3. The first-order chi connectivity index (χ1) is 10.8. The third kappa shape index (κ3) is 2.15. The summed E-state index contributed by atoms with van der Waals surface area (Å²) in [6, 6.07) is 10.8. The maximum Gasteiger partial charge on any atom is 0.161 e. The highest BCUT2D eigenvalue weighted by atomic mass is 32.2. The highest BCUT2D eigenvalue weighted by Gasteiger charge is 2.46. The van der Waals surface area contributed by atoms with Crippen LogP contribution >= 0.6 is 11.8 Å². The van der Waals surface area contributed by atoms with E-state index in [4.69, 9.17) is 9.41 Å². The van der Waals surface area contributed by atoms with Crippen LogP contribution in [0.1, 0.15) is 42.6 Å². The Morgan fingerprint density at radius 1 is 1.32 bits per heavy atom. The summed E-state index contributed by atoms with van der Waals surface area (Å²) < 4.78 is 5.97. The van der Waals surface area contributed by atoms with Crippen molar-refractivity contribution in [3.63, 3.8) is 0 Å². The molecule has 4 nitrogen and oxygen atoms in total. The fourth-order valence-electron chi connectivity index (χ4n) is 3.27. The molecule has 114 valence electrons. The van der Waals surface area contributed by atoms with Crippen molar-refractivity contribution in [3.05, 3.63) is 53.7 Å². The van der Waals surface area contributed by atoms with E-state index in [0.717, 1.165) is 34.6 Å². The normalized spacial score (nSPS) is 27.1. The highest BCUT2D eigenvalue weighted by molar-refractivity contribution is 8.14. The third-order valence-electron chi connectivity index (χ3n) is 4.38. The van der Waals surface area contributed by atoms with E-state index in [2.05, 4.69) is 28.9 Å². The van der Waals surface area contributed by atoms with Gasteiger partial charge < -0.3 is 9.32 Å². The summed E-state index contributed by atoms with van der Waals surface area (Å²) in [5.74, 6) is 3.05. The van der Waals surface area contributed by atoms with Crippen LogP contribution in [0.4, 0.5) is 0 Å². The van der Waals surface area contributed by atoms with Crippen LogP contribution in [0, 0.1) is 6.92 Å². The number of aliphatic imine (C=N–C) groups is 1. The molecule has 0 spiro atoms. The lowest BCUT2D eigenvalue weighted by Gasteiger charge is -2.30. The van der Waals surface area contributed by atoms with Crippen molar-refractivity contribution in [2.24, 2.45) is 4.99 Å². The smallest absolute Gasteiger partial charge is 0.161 e. The van der Waals surface area contributed by atoms with Gasteiger partial charge in [-0.2, -0.15) is 0 Å². The predicted octanol–water partition coefficient (Wildman–Crippen LogP) is 3.96. The van der Waals surface area contributed by atoms with Crippen molar-refractivity contribution in [1.29, 1.82) is 0 Å². The number of furan rings is 1.